The Hall–Kier alpha value is -2.07. The molecule has 1 amide bonds. The van der Waals surface area contributed by atoms with Crippen LogP contribution in [0.1, 0.15) is 11.1 Å². The van der Waals surface area contributed by atoms with Crippen LogP contribution >= 0.6 is 11.6 Å². The molecule has 0 N–H and O–H groups in total. The van der Waals surface area contributed by atoms with E-state index in [1.165, 1.54) is 12.1 Å². The van der Waals surface area contributed by atoms with Gasteiger partial charge in [0.25, 0.3) is 5.91 Å². The average Bonchev–Trinajstić information content (AvgIpc) is 2.62. The molecule has 0 bridgehead atoms. The molecule has 0 radical (unpaired) electrons. The van der Waals surface area contributed by atoms with E-state index in [2.05, 4.69) is 0 Å². The van der Waals surface area contributed by atoms with Crippen molar-refractivity contribution in [1.82, 2.24) is 4.90 Å². The van der Waals surface area contributed by atoms with Crippen LogP contribution in [0, 0.1) is 5.82 Å². The van der Waals surface area contributed by atoms with Gasteiger partial charge in [0.2, 0.25) is 0 Å². The minimum Gasteiger partial charge on any atom is -0.483 e. The Morgan fingerprint density at radius 3 is 2.86 bits per heavy atom. The highest BCUT2D eigenvalue weighted by molar-refractivity contribution is 6.31. The van der Waals surface area contributed by atoms with Gasteiger partial charge in [-0.25, -0.2) is 4.39 Å². The summed E-state index contributed by atoms with van der Waals surface area (Å²) in [5.41, 5.74) is 1.66. The summed E-state index contributed by atoms with van der Waals surface area (Å²) in [7, 11) is 0. The molecule has 0 atom stereocenters. The fraction of sp³-hybridized carbons (Fsp3) is 0.188. The first kappa shape index (κ1) is 13.9. The maximum absolute atomic E-state index is 13.1. The maximum Gasteiger partial charge on any atom is 0.261 e. The molecule has 1 heterocycles. The van der Waals surface area contributed by atoms with Crippen molar-refractivity contribution in [2.24, 2.45) is 0 Å². The zero-order valence-electron chi connectivity index (χ0n) is 11.2. The van der Waals surface area contributed by atoms with E-state index in [0.29, 0.717) is 23.7 Å². The summed E-state index contributed by atoms with van der Waals surface area (Å²) in [4.78, 5) is 13.8. The van der Waals surface area contributed by atoms with Gasteiger partial charge < -0.3 is 9.64 Å². The molecule has 3 rings (SSSR count). The Morgan fingerprint density at radius 2 is 2.05 bits per heavy atom. The molecule has 0 spiro atoms. The molecule has 0 unspecified atom stereocenters. The second-order valence-electron chi connectivity index (χ2n) is 4.88. The standard InChI is InChI=1S/C16H13ClFNO2/c17-14-7-13(18)6-5-11(14)8-19-9-12-3-1-2-4-15(12)21-10-16(19)20/h1-7H,8-10H2. The summed E-state index contributed by atoms with van der Waals surface area (Å²) in [6, 6.07) is 11.7. The number of hydrogen-bond donors (Lipinski definition) is 0. The van der Waals surface area contributed by atoms with Crippen molar-refractivity contribution in [2.75, 3.05) is 6.61 Å². The van der Waals surface area contributed by atoms with Gasteiger partial charge in [-0.1, -0.05) is 35.9 Å². The summed E-state index contributed by atoms with van der Waals surface area (Å²) >= 11 is 6.03. The van der Waals surface area contributed by atoms with E-state index >= 15 is 0 Å². The topological polar surface area (TPSA) is 29.5 Å². The first-order chi connectivity index (χ1) is 10.1. The summed E-state index contributed by atoms with van der Waals surface area (Å²) in [5, 5.41) is 0.321. The number of halogens is 2. The van der Waals surface area contributed by atoms with Crippen molar-refractivity contribution in [3.8, 4) is 5.75 Å². The van der Waals surface area contributed by atoms with Gasteiger partial charge in [0.1, 0.15) is 11.6 Å². The Labute approximate surface area is 126 Å². The van der Waals surface area contributed by atoms with Crippen molar-refractivity contribution >= 4 is 17.5 Å². The molecular weight excluding hydrogens is 293 g/mol. The average molecular weight is 306 g/mol. The van der Waals surface area contributed by atoms with Crippen molar-refractivity contribution in [1.29, 1.82) is 0 Å². The number of carbonyl (C=O) groups excluding carboxylic acids is 1. The minimum absolute atomic E-state index is 0.00414. The van der Waals surface area contributed by atoms with Crippen LogP contribution in [0.4, 0.5) is 4.39 Å². The van der Waals surface area contributed by atoms with Crippen LogP contribution < -0.4 is 4.74 Å². The number of nitrogens with zero attached hydrogens (tertiary/aromatic N) is 1. The summed E-state index contributed by atoms with van der Waals surface area (Å²) in [5.74, 6) is 0.213. The zero-order valence-corrected chi connectivity index (χ0v) is 11.9. The van der Waals surface area contributed by atoms with E-state index in [0.717, 1.165) is 11.3 Å². The van der Waals surface area contributed by atoms with Gasteiger partial charge >= 0.3 is 0 Å². The second-order valence-corrected chi connectivity index (χ2v) is 5.29. The Morgan fingerprint density at radius 1 is 1.24 bits per heavy atom. The number of rotatable bonds is 2. The van der Waals surface area contributed by atoms with Crippen LogP contribution in [0.15, 0.2) is 42.5 Å². The lowest BCUT2D eigenvalue weighted by Gasteiger charge is -2.20. The van der Waals surface area contributed by atoms with E-state index in [9.17, 15) is 9.18 Å². The van der Waals surface area contributed by atoms with Crippen molar-refractivity contribution < 1.29 is 13.9 Å². The normalized spacial score (nSPS) is 14.4. The number of hydrogen-bond acceptors (Lipinski definition) is 2. The predicted molar refractivity (Wildman–Crippen MR) is 77.6 cm³/mol. The Bertz CT molecular complexity index is 690. The first-order valence-electron chi connectivity index (χ1n) is 6.56. The highest BCUT2D eigenvalue weighted by Gasteiger charge is 2.22. The fourth-order valence-corrected chi connectivity index (χ4v) is 2.53. The molecule has 5 heteroatoms. The quantitative estimate of drug-likeness (QED) is 0.851. The molecule has 21 heavy (non-hydrogen) atoms. The molecule has 0 saturated carbocycles. The van der Waals surface area contributed by atoms with E-state index in [1.807, 2.05) is 24.3 Å². The lowest BCUT2D eigenvalue weighted by molar-refractivity contribution is -0.133. The Kier molecular flexibility index (Phi) is 3.80. The summed E-state index contributed by atoms with van der Waals surface area (Å²) < 4.78 is 18.6. The smallest absolute Gasteiger partial charge is 0.261 e. The fourth-order valence-electron chi connectivity index (χ4n) is 2.30. The van der Waals surface area contributed by atoms with E-state index < -0.39 is 0 Å². The monoisotopic (exact) mass is 305 g/mol. The summed E-state index contributed by atoms with van der Waals surface area (Å²) in [6.07, 6.45) is 0. The van der Waals surface area contributed by atoms with E-state index in [-0.39, 0.29) is 18.3 Å². The number of para-hydroxylation sites is 1. The van der Waals surface area contributed by atoms with Gasteiger partial charge in [-0.2, -0.15) is 0 Å². The van der Waals surface area contributed by atoms with Gasteiger partial charge in [0, 0.05) is 23.7 Å². The van der Waals surface area contributed by atoms with E-state index in [4.69, 9.17) is 16.3 Å². The first-order valence-corrected chi connectivity index (χ1v) is 6.93. The molecule has 3 nitrogen and oxygen atoms in total. The Balaban J connectivity index is 1.85. The van der Waals surface area contributed by atoms with E-state index in [1.54, 1.807) is 11.0 Å². The van der Waals surface area contributed by atoms with Gasteiger partial charge in [-0.3, -0.25) is 4.79 Å². The molecule has 2 aromatic rings. The molecular formula is C16H13ClFNO2. The highest BCUT2D eigenvalue weighted by atomic mass is 35.5. The van der Waals surface area contributed by atoms with Gasteiger partial charge in [0.15, 0.2) is 6.61 Å². The molecule has 0 saturated heterocycles. The SMILES string of the molecule is O=C1COc2ccccc2CN1Cc1ccc(F)cc1Cl. The molecule has 108 valence electrons. The molecule has 0 aromatic heterocycles. The van der Waals surface area contributed by atoms with Crippen LogP contribution in [0.5, 0.6) is 5.75 Å². The van der Waals surface area contributed by atoms with Crippen molar-refractivity contribution in [3.63, 3.8) is 0 Å². The van der Waals surface area contributed by atoms with Crippen molar-refractivity contribution in [2.45, 2.75) is 13.1 Å². The predicted octanol–water partition coefficient (Wildman–Crippen LogP) is 3.40. The third-order valence-electron chi connectivity index (χ3n) is 3.41. The third-order valence-corrected chi connectivity index (χ3v) is 3.77. The number of benzene rings is 2. The van der Waals surface area contributed by atoms with Gasteiger partial charge in [0.05, 0.1) is 0 Å². The molecule has 2 aromatic carbocycles. The van der Waals surface area contributed by atoms with Gasteiger partial charge in [-0.05, 0) is 23.8 Å². The van der Waals surface area contributed by atoms with Crippen molar-refractivity contribution in [3.05, 3.63) is 64.4 Å². The summed E-state index contributed by atoms with van der Waals surface area (Å²) in [6.45, 7) is 0.772. The lowest BCUT2D eigenvalue weighted by Crippen LogP contribution is -2.32. The van der Waals surface area contributed by atoms with Gasteiger partial charge in [-0.15, -0.1) is 0 Å². The number of fused-ring (bicyclic) bond motifs is 1. The molecule has 1 aliphatic rings. The van der Waals surface area contributed by atoms with Crippen LogP contribution in [-0.4, -0.2) is 17.4 Å². The minimum atomic E-state index is -0.389. The van der Waals surface area contributed by atoms with Crippen LogP contribution in [0.3, 0.4) is 0 Å². The highest BCUT2D eigenvalue weighted by Crippen LogP contribution is 2.25. The van der Waals surface area contributed by atoms with Crippen LogP contribution in [0.2, 0.25) is 5.02 Å². The second kappa shape index (κ2) is 5.74. The number of amides is 1. The maximum atomic E-state index is 13.1. The molecule has 0 fully saturated rings. The molecule has 0 aliphatic carbocycles. The zero-order chi connectivity index (χ0) is 14.8. The number of carbonyl (C=O) groups is 1. The van der Waals surface area contributed by atoms with Crippen LogP contribution in [-0.2, 0) is 17.9 Å². The lowest BCUT2D eigenvalue weighted by atomic mass is 10.1. The largest absolute Gasteiger partial charge is 0.483 e. The third kappa shape index (κ3) is 3.00. The number of ether oxygens (including phenoxy) is 1. The van der Waals surface area contributed by atoms with Crippen LogP contribution in [0.25, 0.3) is 0 Å². The molecule has 1 aliphatic heterocycles.